The molecule has 0 rings (SSSR count). The van der Waals surface area contributed by atoms with Gasteiger partial charge in [0, 0.05) is 0 Å². The zero-order chi connectivity index (χ0) is 0. The number of hydrogen-bond acceptors (Lipinski definition) is 0. The van der Waals surface area contributed by atoms with Gasteiger partial charge in [-0.25, -0.2) is 0 Å². The quantitative estimate of drug-likeness (QED) is 0.266. The summed E-state index contributed by atoms with van der Waals surface area (Å²) in [6.45, 7) is 0. The van der Waals surface area contributed by atoms with Crippen molar-refractivity contribution < 1.29 is 17.1 Å². The van der Waals surface area contributed by atoms with Gasteiger partial charge < -0.3 is 7.43 Å². The summed E-state index contributed by atoms with van der Waals surface area (Å²) in [7, 11) is 0. The van der Waals surface area contributed by atoms with Gasteiger partial charge in [-0.1, -0.05) is 0 Å². The van der Waals surface area contributed by atoms with Gasteiger partial charge in [0.25, 0.3) is 0 Å². The van der Waals surface area contributed by atoms with Crippen LogP contribution in [0.2, 0.25) is 0 Å². The van der Waals surface area contributed by atoms with E-state index in [1.54, 1.807) is 0 Å². The fraction of sp³-hybridized carbons (Fsp3) is 0. The van der Waals surface area contributed by atoms with E-state index in [1.165, 1.54) is 0 Å². The van der Waals surface area contributed by atoms with Crippen molar-refractivity contribution in [3.63, 3.8) is 0 Å². The van der Waals surface area contributed by atoms with Crippen LogP contribution in [0.4, 0.5) is 0 Å². The Morgan fingerprint density at radius 2 is 0.750 bits per heavy atom. The van der Waals surface area contributed by atoms with Crippen molar-refractivity contribution in [2.24, 2.45) is 0 Å². The van der Waals surface area contributed by atoms with Gasteiger partial charge in [-0.05, 0) is 0 Å². The van der Waals surface area contributed by atoms with Gasteiger partial charge in [0.15, 0.2) is 0 Å². The Kier molecular flexibility index (Phi) is 356. The average Bonchev–Trinajstić information content (AvgIpc) is 0. The van der Waals surface area contributed by atoms with Crippen molar-refractivity contribution in [3.05, 3.63) is 7.43 Å². The average molecular weight is 147 g/mol. The van der Waals surface area contributed by atoms with E-state index in [0.29, 0.717) is 0 Å². The fourth-order valence-electron chi connectivity index (χ4n) is 0. The Balaban J connectivity index is 0. The monoisotopic (exact) mass is 146 g/mol. The molecule has 0 aliphatic heterocycles. The summed E-state index contributed by atoms with van der Waals surface area (Å²) in [4.78, 5) is 0. The van der Waals surface area contributed by atoms with Crippen LogP contribution >= 0.6 is 19.8 Å². The van der Waals surface area contributed by atoms with Gasteiger partial charge in [-0.2, -0.15) is 19.8 Å². The molecule has 0 radical (unpaired) electrons. The minimum Gasteiger partial charge on any atom is -0.358 e. The standard InChI is InChI=1S/CH3.Cu.2H3P/h1H3;;2*1H3/q-1;+1;;. The van der Waals surface area contributed by atoms with Gasteiger partial charge in [0.2, 0.25) is 0 Å². The van der Waals surface area contributed by atoms with Gasteiger partial charge >= 0.3 is 17.1 Å². The van der Waals surface area contributed by atoms with Crippen molar-refractivity contribution in [2.75, 3.05) is 0 Å². The molecule has 2 atom stereocenters. The minimum atomic E-state index is 0. The summed E-state index contributed by atoms with van der Waals surface area (Å²) in [5.74, 6) is 0. The molecule has 0 bridgehead atoms. The Morgan fingerprint density at radius 3 is 0.750 bits per heavy atom. The van der Waals surface area contributed by atoms with Gasteiger partial charge in [0.1, 0.15) is 0 Å². The van der Waals surface area contributed by atoms with E-state index >= 15 is 0 Å². The van der Waals surface area contributed by atoms with Gasteiger partial charge in [-0.3, -0.25) is 0 Å². The molecular weight excluding hydrogens is 138 g/mol. The molecule has 0 nitrogen and oxygen atoms in total. The largest absolute Gasteiger partial charge is 1.00 e. The Bertz CT molecular complexity index is 6.00. The van der Waals surface area contributed by atoms with Crippen molar-refractivity contribution in [1.82, 2.24) is 0 Å². The third-order valence-corrected chi connectivity index (χ3v) is 0. The summed E-state index contributed by atoms with van der Waals surface area (Å²) in [6.07, 6.45) is 0. The second kappa shape index (κ2) is 26.3. The van der Waals surface area contributed by atoms with Gasteiger partial charge in [-0.15, -0.1) is 0 Å². The molecule has 0 aliphatic carbocycles. The molecule has 0 spiro atoms. The molecule has 0 aromatic heterocycles. The van der Waals surface area contributed by atoms with Crippen molar-refractivity contribution in [2.45, 2.75) is 0 Å². The van der Waals surface area contributed by atoms with Crippen LogP contribution in [0.5, 0.6) is 0 Å². The third-order valence-electron chi connectivity index (χ3n) is 0. The van der Waals surface area contributed by atoms with Gasteiger partial charge in [0.05, 0.1) is 0 Å². The van der Waals surface area contributed by atoms with E-state index < -0.39 is 0 Å². The fourth-order valence-corrected chi connectivity index (χ4v) is 0. The topological polar surface area (TPSA) is 0 Å². The molecule has 0 aliphatic rings. The maximum Gasteiger partial charge on any atom is 1.00 e. The number of rotatable bonds is 0. The van der Waals surface area contributed by atoms with E-state index in [0.717, 1.165) is 0 Å². The molecule has 0 heterocycles. The molecule has 34 valence electrons. The second-order valence-electron chi connectivity index (χ2n) is 0. The van der Waals surface area contributed by atoms with Crippen LogP contribution in [0.15, 0.2) is 0 Å². The molecule has 0 saturated carbocycles. The molecular formula is CH9CuP2. The first kappa shape index (κ1) is 54.2. The number of hydrogen-bond donors (Lipinski definition) is 0. The minimum absolute atomic E-state index is 0. The van der Waals surface area contributed by atoms with Crippen LogP contribution in [0.3, 0.4) is 0 Å². The molecule has 0 aromatic carbocycles. The second-order valence-corrected chi connectivity index (χ2v) is 0. The smallest absolute Gasteiger partial charge is 0.358 e. The molecule has 0 amide bonds. The maximum atomic E-state index is 0. The molecule has 0 saturated heterocycles. The first-order valence-corrected chi connectivity index (χ1v) is 0. The van der Waals surface area contributed by atoms with Crippen LogP contribution in [0.1, 0.15) is 0 Å². The van der Waals surface area contributed by atoms with E-state index in [9.17, 15) is 0 Å². The van der Waals surface area contributed by atoms with Crippen molar-refractivity contribution in [1.29, 1.82) is 0 Å². The molecule has 4 heavy (non-hydrogen) atoms. The Morgan fingerprint density at radius 1 is 0.750 bits per heavy atom. The molecule has 0 N–H and O–H groups in total. The summed E-state index contributed by atoms with van der Waals surface area (Å²) in [5.41, 5.74) is 0. The predicted molar refractivity (Wildman–Crippen MR) is 28.6 cm³/mol. The van der Waals surface area contributed by atoms with Crippen molar-refractivity contribution in [3.8, 4) is 0 Å². The molecule has 2 unspecified atom stereocenters. The van der Waals surface area contributed by atoms with E-state index in [1.807, 2.05) is 0 Å². The summed E-state index contributed by atoms with van der Waals surface area (Å²) < 4.78 is 0. The van der Waals surface area contributed by atoms with Crippen LogP contribution in [-0.2, 0) is 17.1 Å². The van der Waals surface area contributed by atoms with Crippen molar-refractivity contribution >= 4 is 19.8 Å². The molecule has 0 aromatic rings. The first-order chi connectivity index (χ1) is 0. The normalized spacial score (nSPS) is 0. The van der Waals surface area contributed by atoms with E-state index in [-0.39, 0.29) is 44.3 Å². The molecule has 0 fully saturated rings. The zero-order valence-corrected chi connectivity index (χ0v) is 6.49. The summed E-state index contributed by atoms with van der Waals surface area (Å²) >= 11 is 0. The van der Waals surface area contributed by atoms with Crippen LogP contribution in [0.25, 0.3) is 0 Å². The first-order valence-electron chi connectivity index (χ1n) is 0. The SMILES string of the molecule is P.P.[CH3-].[Cu+]. The summed E-state index contributed by atoms with van der Waals surface area (Å²) in [6, 6.07) is 0. The van der Waals surface area contributed by atoms with Crippen LogP contribution in [-0.4, -0.2) is 0 Å². The Hall–Kier alpha value is 1.38. The van der Waals surface area contributed by atoms with E-state index in [2.05, 4.69) is 0 Å². The van der Waals surface area contributed by atoms with E-state index in [4.69, 9.17) is 0 Å². The van der Waals surface area contributed by atoms with Crippen LogP contribution < -0.4 is 0 Å². The Labute approximate surface area is 44.8 Å². The maximum absolute atomic E-state index is 0. The third kappa shape index (κ3) is 10.1. The summed E-state index contributed by atoms with van der Waals surface area (Å²) in [5, 5.41) is 0. The van der Waals surface area contributed by atoms with Crippen LogP contribution in [0, 0.1) is 7.43 Å². The zero-order valence-electron chi connectivity index (χ0n) is 2.72. The molecule has 3 heteroatoms. The predicted octanol–water partition coefficient (Wildman–Crippen LogP) is 0.564.